The number of carbonyl (C=O) groups is 2. The highest BCUT2D eigenvalue weighted by Gasteiger charge is 2.14. The summed E-state index contributed by atoms with van der Waals surface area (Å²) in [6.45, 7) is 1.77. The fourth-order valence-corrected chi connectivity index (χ4v) is 0.981. The third kappa shape index (κ3) is 4.08. The van der Waals surface area contributed by atoms with Crippen molar-refractivity contribution in [1.29, 1.82) is 0 Å². The van der Waals surface area contributed by atoms with E-state index in [1.807, 2.05) is 0 Å². The number of likely N-dealkylation sites (N-methyl/N-ethyl adjacent to an activating group) is 1. The van der Waals surface area contributed by atoms with Crippen LogP contribution in [-0.4, -0.2) is 29.9 Å². The molecule has 0 aromatic carbocycles. The number of hydrogen-bond donors (Lipinski definition) is 2. The second-order valence-electron chi connectivity index (χ2n) is 2.59. The molecule has 0 amide bonds. The van der Waals surface area contributed by atoms with E-state index < -0.39 is 5.97 Å². The first-order valence-corrected chi connectivity index (χ1v) is 4.03. The molecule has 0 spiro atoms. The molecule has 0 bridgehead atoms. The molecular weight excluding hydrogens is 158 g/mol. The maximum absolute atomic E-state index is 11.1. The molecule has 0 aromatic rings. The Bertz CT molecular complexity index is 168. The van der Waals surface area contributed by atoms with E-state index >= 15 is 0 Å². The van der Waals surface area contributed by atoms with Crippen molar-refractivity contribution in [2.45, 2.75) is 32.2 Å². The quantitative estimate of drug-likeness (QED) is 0.610. The van der Waals surface area contributed by atoms with Gasteiger partial charge in [-0.05, 0) is 13.5 Å². The maximum Gasteiger partial charge on any atom is 0.303 e. The monoisotopic (exact) mass is 173 g/mol. The lowest BCUT2D eigenvalue weighted by molar-refractivity contribution is -0.137. The predicted octanol–water partition coefficient (Wildman–Crippen LogP) is 0.418. The zero-order valence-corrected chi connectivity index (χ0v) is 7.46. The average Bonchev–Trinajstić information content (AvgIpc) is 2.04. The summed E-state index contributed by atoms with van der Waals surface area (Å²) in [5.74, 6) is -0.794. The van der Waals surface area contributed by atoms with Gasteiger partial charge in [0.25, 0.3) is 0 Å². The van der Waals surface area contributed by atoms with Crippen molar-refractivity contribution in [2.24, 2.45) is 0 Å². The number of carbonyl (C=O) groups excluding carboxylic acids is 1. The van der Waals surface area contributed by atoms with Crippen LogP contribution in [0, 0.1) is 0 Å². The zero-order chi connectivity index (χ0) is 9.56. The fourth-order valence-electron chi connectivity index (χ4n) is 0.981. The fraction of sp³-hybridized carbons (Fsp3) is 0.750. The average molecular weight is 173 g/mol. The van der Waals surface area contributed by atoms with Crippen LogP contribution in [0.15, 0.2) is 0 Å². The van der Waals surface area contributed by atoms with Crippen LogP contribution in [0.1, 0.15) is 26.2 Å². The molecule has 12 heavy (non-hydrogen) atoms. The van der Waals surface area contributed by atoms with E-state index in [4.69, 9.17) is 5.11 Å². The number of carboxylic acid groups (broad SMARTS) is 1. The van der Waals surface area contributed by atoms with Gasteiger partial charge in [0.05, 0.1) is 6.04 Å². The number of Topliss-reactive ketones (excluding diaryl/α,β-unsaturated/α-hetero) is 1. The first-order chi connectivity index (χ1) is 5.61. The predicted molar refractivity (Wildman–Crippen MR) is 45.0 cm³/mol. The molecule has 0 unspecified atom stereocenters. The first-order valence-electron chi connectivity index (χ1n) is 4.03. The molecular formula is C8H15NO3. The van der Waals surface area contributed by atoms with Crippen molar-refractivity contribution in [2.75, 3.05) is 7.05 Å². The van der Waals surface area contributed by atoms with Crippen LogP contribution >= 0.6 is 0 Å². The Morgan fingerprint density at radius 2 is 2.08 bits per heavy atom. The minimum Gasteiger partial charge on any atom is -0.481 e. The summed E-state index contributed by atoms with van der Waals surface area (Å²) in [6, 6.07) is -0.300. The van der Waals surface area contributed by atoms with Crippen LogP contribution in [0.3, 0.4) is 0 Å². The minimum atomic E-state index is -0.862. The third-order valence-electron chi connectivity index (χ3n) is 1.73. The Balaban J connectivity index is 3.83. The molecule has 0 aliphatic heterocycles. The number of carboxylic acids is 1. The van der Waals surface area contributed by atoms with Crippen molar-refractivity contribution in [3.05, 3.63) is 0 Å². The molecule has 70 valence electrons. The standard InChI is InChI=1S/C8H15NO3/c1-3-7(10)6(9-2)4-5-8(11)12/h6,9H,3-5H2,1-2H3,(H,11,12)/t6-/m0/s1. The van der Waals surface area contributed by atoms with Crippen LogP contribution in [0.4, 0.5) is 0 Å². The smallest absolute Gasteiger partial charge is 0.303 e. The summed E-state index contributed by atoms with van der Waals surface area (Å²) >= 11 is 0. The normalized spacial score (nSPS) is 12.5. The van der Waals surface area contributed by atoms with Gasteiger partial charge in [-0.1, -0.05) is 6.92 Å². The first kappa shape index (κ1) is 11.1. The zero-order valence-electron chi connectivity index (χ0n) is 7.46. The Kier molecular flexibility index (Phi) is 5.28. The van der Waals surface area contributed by atoms with E-state index in [0.717, 1.165) is 0 Å². The summed E-state index contributed by atoms with van der Waals surface area (Å²) in [5.41, 5.74) is 0. The second kappa shape index (κ2) is 5.71. The minimum absolute atomic E-state index is 0.0389. The largest absolute Gasteiger partial charge is 0.481 e. The van der Waals surface area contributed by atoms with Crippen LogP contribution < -0.4 is 5.32 Å². The van der Waals surface area contributed by atoms with Crippen molar-refractivity contribution in [1.82, 2.24) is 5.32 Å². The van der Waals surface area contributed by atoms with E-state index in [-0.39, 0.29) is 18.2 Å². The lowest BCUT2D eigenvalue weighted by Crippen LogP contribution is -2.34. The van der Waals surface area contributed by atoms with Gasteiger partial charge in [-0.2, -0.15) is 0 Å². The molecule has 2 N–H and O–H groups in total. The van der Waals surface area contributed by atoms with E-state index in [0.29, 0.717) is 12.8 Å². The van der Waals surface area contributed by atoms with Gasteiger partial charge in [0.1, 0.15) is 5.78 Å². The van der Waals surface area contributed by atoms with Crippen molar-refractivity contribution >= 4 is 11.8 Å². The highest BCUT2D eigenvalue weighted by molar-refractivity contribution is 5.84. The molecule has 0 rings (SSSR count). The van der Waals surface area contributed by atoms with Crippen molar-refractivity contribution < 1.29 is 14.7 Å². The van der Waals surface area contributed by atoms with E-state index in [2.05, 4.69) is 5.32 Å². The molecule has 0 aromatic heterocycles. The maximum atomic E-state index is 11.1. The van der Waals surface area contributed by atoms with Crippen LogP contribution in [0.2, 0.25) is 0 Å². The molecule has 0 heterocycles. The molecule has 0 aliphatic carbocycles. The Morgan fingerprint density at radius 1 is 1.50 bits per heavy atom. The van der Waals surface area contributed by atoms with E-state index in [1.54, 1.807) is 14.0 Å². The second-order valence-corrected chi connectivity index (χ2v) is 2.59. The van der Waals surface area contributed by atoms with Gasteiger partial charge in [-0.3, -0.25) is 9.59 Å². The number of rotatable bonds is 6. The van der Waals surface area contributed by atoms with Gasteiger partial charge in [0.2, 0.25) is 0 Å². The summed E-state index contributed by atoms with van der Waals surface area (Å²) in [4.78, 5) is 21.3. The summed E-state index contributed by atoms with van der Waals surface area (Å²) in [5, 5.41) is 11.2. The molecule has 0 aliphatic rings. The van der Waals surface area contributed by atoms with Gasteiger partial charge in [-0.25, -0.2) is 0 Å². The molecule has 4 heteroatoms. The summed E-state index contributed by atoms with van der Waals surface area (Å²) < 4.78 is 0. The van der Waals surface area contributed by atoms with Crippen LogP contribution in [0.25, 0.3) is 0 Å². The molecule has 0 saturated carbocycles. The number of ketones is 1. The van der Waals surface area contributed by atoms with Gasteiger partial charge < -0.3 is 10.4 Å². The van der Waals surface area contributed by atoms with Gasteiger partial charge >= 0.3 is 5.97 Å². The highest BCUT2D eigenvalue weighted by Crippen LogP contribution is 2.00. The molecule has 1 atom stereocenters. The molecule has 4 nitrogen and oxygen atoms in total. The van der Waals surface area contributed by atoms with E-state index in [9.17, 15) is 9.59 Å². The van der Waals surface area contributed by atoms with E-state index in [1.165, 1.54) is 0 Å². The number of aliphatic carboxylic acids is 1. The topological polar surface area (TPSA) is 66.4 Å². The lowest BCUT2D eigenvalue weighted by Gasteiger charge is -2.11. The number of hydrogen-bond acceptors (Lipinski definition) is 3. The Hall–Kier alpha value is -0.900. The van der Waals surface area contributed by atoms with Crippen molar-refractivity contribution in [3.8, 4) is 0 Å². The SMILES string of the molecule is CCC(=O)[C@H](CCC(=O)O)NC. The highest BCUT2D eigenvalue weighted by atomic mass is 16.4. The van der Waals surface area contributed by atoms with Gasteiger partial charge in [0.15, 0.2) is 0 Å². The summed E-state index contributed by atoms with van der Waals surface area (Å²) in [6.07, 6.45) is 0.862. The van der Waals surface area contributed by atoms with Crippen LogP contribution in [0.5, 0.6) is 0 Å². The Morgan fingerprint density at radius 3 is 2.42 bits per heavy atom. The molecule has 0 fully saturated rings. The summed E-state index contributed by atoms with van der Waals surface area (Å²) in [7, 11) is 1.67. The third-order valence-corrected chi connectivity index (χ3v) is 1.73. The van der Waals surface area contributed by atoms with Gasteiger partial charge in [0, 0.05) is 12.8 Å². The lowest BCUT2D eigenvalue weighted by atomic mass is 10.1. The van der Waals surface area contributed by atoms with Crippen molar-refractivity contribution in [3.63, 3.8) is 0 Å². The number of nitrogens with one attached hydrogen (secondary N) is 1. The Labute approximate surface area is 72.0 Å². The van der Waals surface area contributed by atoms with Gasteiger partial charge in [-0.15, -0.1) is 0 Å². The molecule has 0 saturated heterocycles. The van der Waals surface area contributed by atoms with Crippen LogP contribution in [-0.2, 0) is 9.59 Å². The molecule has 0 radical (unpaired) electrons.